The van der Waals surface area contributed by atoms with Gasteiger partial charge in [-0.2, -0.15) is 5.10 Å². The molecular weight excluding hydrogens is 456 g/mol. The Morgan fingerprint density at radius 2 is 2.00 bits per heavy atom. The summed E-state index contributed by atoms with van der Waals surface area (Å²) < 4.78 is 33.2. The molecule has 174 valence electrons. The second kappa shape index (κ2) is 10.4. The average Bonchev–Trinajstić information content (AvgIpc) is 3.21. The van der Waals surface area contributed by atoms with Crippen LogP contribution in [0.15, 0.2) is 42.7 Å². The number of carbonyl (C=O) groups is 2. The lowest BCUT2D eigenvalue weighted by Crippen LogP contribution is -2.37. The Morgan fingerprint density at radius 3 is 2.70 bits per heavy atom. The Balaban J connectivity index is 1.64. The Labute approximate surface area is 193 Å². The number of alkyl halides is 2. The fraction of sp³-hybridized carbons (Fsp3) is 0.273. The molecule has 2 amide bonds. The van der Waals surface area contributed by atoms with E-state index in [9.17, 15) is 18.4 Å². The van der Waals surface area contributed by atoms with Crippen LogP contribution in [-0.4, -0.2) is 39.4 Å². The van der Waals surface area contributed by atoms with Gasteiger partial charge in [0.15, 0.2) is 5.82 Å². The zero-order chi connectivity index (χ0) is 24.1. The molecule has 2 N–H and O–H groups in total. The molecule has 0 fully saturated rings. The minimum Gasteiger partial charge on any atom is -0.447 e. The predicted molar refractivity (Wildman–Crippen MR) is 119 cm³/mol. The number of ether oxygens (including phenoxy) is 1. The molecule has 2 aromatic heterocycles. The molecule has 33 heavy (non-hydrogen) atoms. The van der Waals surface area contributed by atoms with Gasteiger partial charge in [-0.3, -0.25) is 10.1 Å². The minimum atomic E-state index is -3.00. The summed E-state index contributed by atoms with van der Waals surface area (Å²) in [5, 5.41) is 9.12. The monoisotopic (exact) mass is 477 g/mol. The first kappa shape index (κ1) is 24.1. The molecule has 0 saturated heterocycles. The van der Waals surface area contributed by atoms with Gasteiger partial charge in [0.25, 0.3) is 12.3 Å². The largest absolute Gasteiger partial charge is 0.447 e. The van der Waals surface area contributed by atoms with Crippen molar-refractivity contribution in [2.75, 3.05) is 11.9 Å². The molecule has 0 saturated carbocycles. The Bertz CT molecular complexity index is 1170. The first-order valence-electron chi connectivity index (χ1n) is 9.96. The van der Waals surface area contributed by atoms with Crippen molar-refractivity contribution in [2.24, 2.45) is 0 Å². The van der Waals surface area contributed by atoms with E-state index in [1.807, 2.05) is 26.0 Å². The molecule has 0 unspecified atom stereocenters. The van der Waals surface area contributed by atoms with Crippen molar-refractivity contribution in [3.8, 4) is 5.82 Å². The Hall–Kier alpha value is -3.53. The van der Waals surface area contributed by atoms with Crippen molar-refractivity contribution in [1.82, 2.24) is 20.1 Å². The van der Waals surface area contributed by atoms with Crippen LogP contribution in [0, 0.1) is 13.8 Å². The van der Waals surface area contributed by atoms with Crippen LogP contribution in [0.1, 0.15) is 40.5 Å². The molecule has 0 aliphatic rings. The summed E-state index contributed by atoms with van der Waals surface area (Å²) in [6.45, 7) is 5.14. The van der Waals surface area contributed by atoms with E-state index in [0.29, 0.717) is 5.69 Å². The van der Waals surface area contributed by atoms with Crippen molar-refractivity contribution < 1.29 is 23.1 Å². The standard InChI is InChI=1S/C22H22ClF2N5O3/c1-12-6-7-13(2)17(9-12)28-22(32)33-11-14(3)27-21(31)15-10-30(29-18(15)19(24)25)20-16(23)5-4-8-26-20/h4-10,14,19H,11H2,1-3H3,(H,27,31)(H,28,32)/t14-/m0/s1. The van der Waals surface area contributed by atoms with Crippen molar-refractivity contribution in [3.63, 3.8) is 0 Å². The summed E-state index contributed by atoms with van der Waals surface area (Å²) in [6, 6.07) is 8.03. The molecule has 0 aliphatic heterocycles. The highest BCUT2D eigenvalue weighted by atomic mass is 35.5. The lowest BCUT2D eigenvalue weighted by Gasteiger charge is -2.15. The molecule has 3 rings (SSSR count). The van der Waals surface area contributed by atoms with Gasteiger partial charge in [0.2, 0.25) is 0 Å². The predicted octanol–water partition coefficient (Wildman–Crippen LogP) is 4.84. The Kier molecular flexibility index (Phi) is 7.59. The third-order valence-electron chi connectivity index (χ3n) is 4.62. The topological polar surface area (TPSA) is 98.1 Å². The molecule has 8 nitrogen and oxygen atoms in total. The van der Waals surface area contributed by atoms with Crippen molar-refractivity contribution in [3.05, 3.63) is 70.1 Å². The summed E-state index contributed by atoms with van der Waals surface area (Å²) >= 11 is 6.05. The summed E-state index contributed by atoms with van der Waals surface area (Å²) in [5.74, 6) is -0.686. The zero-order valence-corrected chi connectivity index (χ0v) is 18.9. The minimum absolute atomic E-state index is 0.111. The van der Waals surface area contributed by atoms with Gasteiger partial charge >= 0.3 is 6.09 Å². The number of carbonyl (C=O) groups excluding carboxylic acids is 2. The average molecular weight is 478 g/mol. The van der Waals surface area contributed by atoms with Crippen LogP contribution >= 0.6 is 11.6 Å². The number of benzene rings is 1. The van der Waals surface area contributed by atoms with Crippen LogP contribution in [0.5, 0.6) is 0 Å². The number of amides is 2. The maximum absolute atomic E-state index is 13.5. The summed E-state index contributed by atoms with van der Waals surface area (Å²) in [6.07, 6.45) is -1.14. The summed E-state index contributed by atoms with van der Waals surface area (Å²) in [7, 11) is 0. The van der Waals surface area contributed by atoms with E-state index in [1.54, 1.807) is 19.1 Å². The SMILES string of the molecule is Cc1ccc(C)c(NC(=O)OC[C@H](C)NC(=O)c2cn(-c3ncccc3Cl)nc2C(F)F)c1. The van der Waals surface area contributed by atoms with E-state index in [4.69, 9.17) is 16.3 Å². The number of halogens is 3. The third-order valence-corrected chi connectivity index (χ3v) is 4.92. The van der Waals surface area contributed by atoms with Gasteiger partial charge in [-0.25, -0.2) is 23.2 Å². The lowest BCUT2D eigenvalue weighted by atomic mass is 10.1. The molecule has 0 radical (unpaired) electrons. The quantitative estimate of drug-likeness (QED) is 0.507. The molecule has 3 aromatic rings. The van der Waals surface area contributed by atoms with Gasteiger partial charge in [0.1, 0.15) is 12.3 Å². The van der Waals surface area contributed by atoms with Crippen LogP contribution in [0.4, 0.5) is 19.3 Å². The van der Waals surface area contributed by atoms with Gasteiger partial charge in [-0.05, 0) is 50.1 Å². The smallest absolute Gasteiger partial charge is 0.411 e. The second-order valence-corrected chi connectivity index (χ2v) is 7.81. The fourth-order valence-electron chi connectivity index (χ4n) is 2.94. The first-order valence-corrected chi connectivity index (χ1v) is 10.3. The molecule has 0 spiro atoms. The molecule has 11 heteroatoms. The van der Waals surface area contributed by atoms with E-state index in [2.05, 4.69) is 20.7 Å². The van der Waals surface area contributed by atoms with Gasteiger partial charge in [-0.15, -0.1) is 0 Å². The number of nitrogens with one attached hydrogen (secondary N) is 2. The molecule has 0 bridgehead atoms. The molecule has 2 heterocycles. The number of aryl methyl sites for hydroxylation is 2. The Morgan fingerprint density at radius 1 is 1.24 bits per heavy atom. The van der Waals surface area contributed by atoms with Gasteiger partial charge < -0.3 is 10.1 Å². The summed E-state index contributed by atoms with van der Waals surface area (Å²) in [4.78, 5) is 28.7. The maximum Gasteiger partial charge on any atom is 0.411 e. The van der Waals surface area contributed by atoms with Crippen LogP contribution in [0.25, 0.3) is 5.82 Å². The first-order chi connectivity index (χ1) is 15.7. The van der Waals surface area contributed by atoms with Crippen molar-refractivity contribution in [2.45, 2.75) is 33.2 Å². The molecule has 1 atom stereocenters. The lowest BCUT2D eigenvalue weighted by molar-refractivity contribution is 0.0896. The highest BCUT2D eigenvalue weighted by Gasteiger charge is 2.25. The van der Waals surface area contributed by atoms with Crippen LogP contribution in [-0.2, 0) is 4.74 Å². The highest BCUT2D eigenvalue weighted by Crippen LogP contribution is 2.25. The number of anilines is 1. The number of rotatable bonds is 7. The molecular formula is C22H22ClF2N5O3. The van der Waals surface area contributed by atoms with Crippen molar-refractivity contribution in [1.29, 1.82) is 0 Å². The van der Waals surface area contributed by atoms with Crippen LogP contribution in [0.3, 0.4) is 0 Å². The van der Waals surface area contributed by atoms with Crippen molar-refractivity contribution >= 4 is 29.3 Å². The van der Waals surface area contributed by atoms with Gasteiger partial charge in [0, 0.05) is 18.1 Å². The molecule has 0 aliphatic carbocycles. The highest BCUT2D eigenvalue weighted by molar-refractivity contribution is 6.32. The third kappa shape index (κ3) is 6.04. The molecule has 1 aromatic carbocycles. The van der Waals surface area contributed by atoms with Gasteiger partial charge in [0.05, 0.1) is 16.6 Å². The fourth-order valence-corrected chi connectivity index (χ4v) is 3.15. The normalized spacial score (nSPS) is 11.8. The van der Waals surface area contributed by atoms with E-state index in [0.717, 1.165) is 22.0 Å². The van der Waals surface area contributed by atoms with E-state index in [-0.39, 0.29) is 23.0 Å². The number of aromatic nitrogens is 3. The zero-order valence-electron chi connectivity index (χ0n) is 18.1. The van der Waals surface area contributed by atoms with Gasteiger partial charge in [-0.1, -0.05) is 23.7 Å². The number of hydrogen-bond donors (Lipinski definition) is 2. The van der Waals surface area contributed by atoms with Crippen LogP contribution < -0.4 is 10.6 Å². The second-order valence-electron chi connectivity index (χ2n) is 7.40. The summed E-state index contributed by atoms with van der Waals surface area (Å²) in [5.41, 5.74) is 1.40. The maximum atomic E-state index is 13.5. The number of hydrogen-bond acceptors (Lipinski definition) is 5. The number of nitrogens with zero attached hydrogens (tertiary/aromatic N) is 3. The van der Waals surface area contributed by atoms with E-state index < -0.39 is 30.2 Å². The van der Waals surface area contributed by atoms with Crippen LogP contribution in [0.2, 0.25) is 5.02 Å². The van der Waals surface area contributed by atoms with E-state index >= 15 is 0 Å². The number of pyridine rings is 1. The van der Waals surface area contributed by atoms with E-state index in [1.165, 1.54) is 12.3 Å².